The second-order valence-corrected chi connectivity index (χ2v) is 4.79. The van der Waals surface area contributed by atoms with Gasteiger partial charge in [-0.15, -0.1) is 0 Å². The molecule has 0 aliphatic carbocycles. The smallest absolute Gasteiger partial charge is 0.207 e. The van der Waals surface area contributed by atoms with Crippen molar-refractivity contribution in [3.05, 3.63) is 60.2 Å². The van der Waals surface area contributed by atoms with E-state index >= 15 is 0 Å². The minimum Gasteiger partial charge on any atom is -0.255 e. The summed E-state index contributed by atoms with van der Waals surface area (Å²) in [5, 5.41) is 8.62. The topological polar surface area (TPSA) is 74.6 Å². The van der Waals surface area contributed by atoms with Gasteiger partial charge in [-0.3, -0.25) is 20.8 Å². The van der Waals surface area contributed by atoms with Crippen molar-refractivity contribution in [1.29, 1.82) is 0 Å². The molecule has 6 nitrogen and oxygen atoms in total. The summed E-state index contributed by atoms with van der Waals surface area (Å²) in [6, 6.07) is 11.3. The molecule has 0 aromatic carbocycles. The third-order valence-corrected chi connectivity index (χ3v) is 2.90. The summed E-state index contributed by atoms with van der Waals surface area (Å²) in [7, 11) is 0. The van der Waals surface area contributed by atoms with Gasteiger partial charge >= 0.3 is 0 Å². The highest BCUT2D eigenvalue weighted by molar-refractivity contribution is 7.80. The molecular weight excluding hydrogens is 296 g/mol. The Balaban J connectivity index is 1.91. The Kier molecular flexibility index (Phi) is 5.67. The molecule has 0 saturated carbocycles. The first-order valence-corrected chi connectivity index (χ1v) is 7.05. The molecule has 0 atom stereocenters. The molecule has 2 rings (SSSR count). The first-order chi connectivity index (χ1) is 10.7. The molecule has 0 spiro atoms. The van der Waals surface area contributed by atoms with Gasteiger partial charge in [0.15, 0.2) is 0 Å². The minimum absolute atomic E-state index is 0.297. The molecule has 22 heavy (non-hydrogen) atoms. The van der Waals surface area contributed by atoms with Gasteiger partial charge in [0.2, 0.25) is 5.11 Å². The van der Waals surface area contributed by atoms with Crippen molar-refractivity contribution in [2.75, 3.05) is 0 Å². The standard InChI is InChI=1S/C15H16N6S/c1-11(13-7-3-5-9-16-13)18-20-15(22)21-19-12(2)14-8-4-6-10-17-14/h3-10H,1-2H3,(H2,20,21,22)/b18-11+,19-12+. The zero-order valence-electron chi connectivity index (χ0n) is 12.3. The monoisotopic (exact) mass is 312 g/mol. The summed E-state index contributed by atoms with van der Waals surface area (Å²) in [6.07, 6.45) is 3.43. The number of aromatic nitrogens is 2. The molecule has 2 heterocycles. The summed E-state index contributed by atoms with van der Waals surface area (Å²) in [4.78, 5) is 8.40. The maximum absolute atomic E-state index is 5.11. The van der Waals surface area contributed by atoms with Gasteiger partial charge < -0.3 is 0 Å². The number of nitrogens with one attached hydrogen (secondary N) is 2. The maximum atomic E-state index is 5.11. The summed E-state index contributed by atoms with van der Waals surface area (Å²) < 4.78 is 0. The van der Waals surface area contributed by atoms with Crippen LogP contribution >= 0.6 is 12.2 Å². The molecule has 0 aliphatic heterocycles. The molecule has 112 valence electrons. The van der Waals surface area contributed by atoms with Gasteiger partial charge in [-0.1, -0.05) is 12.1 Å². The van der Waals surface area contributed by atoms with Crippen LogP contribution in [0.4, 0.5) is 0 Å². The minimum atomic E-state index is 0.297. The van der Waals surface area contributed by atoms with E-state index < -0.39 is 0 Å². The first kappa shape index (κ1) is 15.7. The van der Waals surface area contributed by atoms with Gasteiger partial charge in [0, 0.05) is 12.4 Å². The SMILES string of the molecule is C/C(=N\NC(=S)N/N=C(\C)c1ccccn1)c1ccccn1. The van der Waals surface area contributed by atoms with E-state index in [1.165, 1.54) is 0 Å². The van der Waals surface area contributed by atoms with E-state index in [2.05, 4.69) is 31.0 Å². The summed E-state index contributed by atoms with van der Waals surface area (Å²) in [6.45, 7) is 3.70. The van der Waals surface area contributed by atoms with Crippen LogP contribution in [0.15, 0.2) is 59.0 Å². The van der Waals surface area contributed by atoms with E-state index in [1.54, 1.807) is 12.4 Å². The van der Waals surface area contributed by atoms with Gasteiger partial charge in [-0.2, -0.15) is 10.2 Å². The lowest BCUT2D eigenvalue weighted by Gasteiger charge is -2.05. The van der Waals surface area contributed by atoms with Gasteiger partial charge in [0.1, 0.15) is 0 Å². The van der Waals surface area contributed by atoms with Crippen molar-refractivity contribution in [2.24, 2.45) is 10.2 Å². The van der Waals surface area contributed by atoms with E-state index in [1.807, 2.05) is 50.2 Å². The number of hydrazone groups is 2. The molecule has 0 fully saturated rings. The molecule has 0 aliphatic rings. The molecule has 2 N–H and O–H groups in total. The lowest BCUT2D eigenvalue weighted by molar-refractivity contribution is 0.922. The van der Waals surface area contributed by atoms with Crippen LogP contribution in [0.25, 0.3) is 0 Å². The second kappa shape index (κ2) is 7.94. The third kappa shape index (κ3) is 4.71. The number of pyridine rings is 2. The molecule has 2 aromatic heterocycles. The van der Waals surface area contributed by atoms with Crippen LogP contribution in [-0.2, 0) is 0 Å². The molecular formula is C15H16N6S. The quantitative estimate of drug-likeness (QED) is 0.514. The van der Waals surface area contributed by atoms with E-state index in [-0.39, 0.29) is 0 Å². The zero-order valence-corrected chi connectivity index (χ0v) is 13.1. The average Bonchev–Trinajstić information content (AvgIpc) is 2.59. The normalized spacial score (nSPS) is 11.9. The molecule has 0 bridgehead atoms. The summed E-state index contributed by atoms with van der Waals surface area (Å²) in [5.41, 5.74) is 8.49. The van der Waals surface area contributed by atoms with Crippen LogP contribution in [0.3, 0.4) is 0 Å². The Labute approximate surface area is 134 Å². The van der Waals surface area contributed by atoms with Crippen LogP contribution in [-0.4, -0.2) is 26.5 Å². The van der Waals surface area contributed by atoms with E-state index in [0.717, 1.165) is 22.8 Å². The molecule has 2 aromatic rings. The van der Waals surface area contributed by atoms with E-state index in [9.17, 15) is 0 Å². The van der Waals surface area contributed by atoms with Crippen molar-refractivity contribution in [3.63, 3.8) is 0 Å². The molecule has 0 saturated heterocycles. The largest absolute Gasteiger partial charge is 0.255 e. The van der Waals surface area contributed by atoms with Crippen LogP contribution in [0.5, 0.6) is 0 Å². The van der Waals surface area contributed by atoms with Crippen LogP contribution in [0, 0.1) is 0 Å². The number of hydrogen-bond donors (Lipinski definition) is 2. The zero-order chi connectivity index (χ0) is 15.8. The number of rotatable bonds is 4. The predicted octanol–water partition coefficient (Wildman–Crippen LogP) is 2.09. The fourth-order valence-electron chi connectivity index (χ4n) is 1.56. The van der Waals surface area contributed by atoms with Gasteiger partial charge in [-0.25, -0.2) is 0 Å². The van der Waals surface area contributed by atoms with Crippen molar-refractivity contribution in [1.82, 2.24) is 20.8 Å². The first-order valence-electron chi connectivity index (χ1n) is 6.64. The molecule has 7 heteroatoms. The molecule has 0 radical (unpaired) electrons. The third-order valence-electron chi connectivity index (χ3n) is 2.72. The molecule has 0 unspecified atom stereocenters. The van der Waals surface area contributed by atoms with Crippen molar-refractivity contribution in [3.8, 4) is 0 Å². The Morgan fingerprint density at radius 1 is 0.864 bits per heavy atom. The summed E-state index contributed by atoms with van der Waals surface area (Å²) >= 11 is 5.11. The van der Waals surface area contributed by atoms with E-state index in [0.29, 0.717) is 5.11 Å². The van der Waals surface area contributed by atoms with E-state index in [4.69, 9.17) is 12.2 Å². The lowest BCUT2D eigenvalue weighted by atomic mass is 10.3. The Morgan fingerprint density at radius 2 is 1.32 bits per heavy atom. The van der Waals surface area contributed by atoms with Gasteiger partial charge in [0.05, 0.1) is 22.8 Å². The van der Waals surface area contributed by atoms with Gasteiger partial charge in [-0.05, 0) is 50.3 Å². The Hall–Kier alpha value is -2.67. The molecule has 0 amide bonds. The predicted molar refractivity (Wildman–Crippen MR) is 91.8 cm³/mol. The number of thiocarbonyl (C=S) groups is 1. The van der Waals surface area contributed by atoms with Crippen molar-refractivity contribution in [2.45, 2.75) is 13.8 Å². The van der Waals surface area contributed by atoms with Crippen molar-refractivity contribution >= 4 is 28.8 Å². The second-order valence-electron chi connectivity index (χ2n) is 4.38. The fourth-order valence-corrected chi connectivity index (χ4v) is 1.65. The Morgan fingerprint density at radius 3 is 1.68 bits per heavy atom. The number of hydrogen-bond acceptors (Lipinski definition) is 5. The van der Waals surface area contributed by atoms with Crippen LogP contribution < -0.4 is 10.9 Å². The summed E-state index contributed by atoms with van der Waals surface area (Å²) in [5.74, 6) is 0. The highest BCUT2D eigenvalue weighted by Crippen LogP contribution is 1.96. The highest BCUT2D eigenvalue weighted by Gasteiger charge is 2.00. The fraction of sp³-hybridized carbons (Fsp3) is 0.133. The number of nitrogens with zero attached hydrogens (tertiary/aromatic N) is 4. The van der Waals surface area contributed by atoms with Crippen LogP contribution in [0.2, 0.25) is 0 Å². The lowest BCUT2D eigenvalue weighted by Crippen LogP contribution is -2.29. The van der Waals surface area contributed by atoms with Crippen molar-refractivity contribution < 1.29 is 0 Å². The highest BCUT2D eigenvalue weighted by atomic mass is 32.1. The van der Waals surface area contributed by atoms with Crippen LogP contribution in [0.1, 0.15) is 25.2 Å². The van der Waals surface area contributed by atoms with Gasteiger partial charge in [0.25, 0.3) is 0 Å². The average molecular weight is 312 g/mol. The Bertz CT molecular complexity index is 622. The maximum Gasteiger partial charge on any atom is 0.207 e.